The summed E-state index contributed by atoms with van der Waals surface area (Å²) in [5, 5.41) is 11.0. The molecule has 0 radical (unpaired) electrons. The van der Waals surface area contributed by atoms with Gasteiger partial charge in [-0.1, -0.05) is 37.3 Å². The molecule has 1 heterocycles. The molecule has 1 unspecified atom stereocenters. The van der Waals surface area contributed by atoms with E-state index in [1.807, 2.05) is 0 Å². The van der Waals surface area contributed by atoms with Crippen LogP contribution in [0.1, 0.15) is 42.6 Å². The van der Waals surface area contributed by atoms with Crippen LogP contribution in [0.5, 0.6) is 5.75 Å². The summed E-state index contributed by atoms with van der Waals surface area (Å²) in [6, 6.07) is 20.1. The van der Waals surface area contributed by atoms with Gasteiger partial charge in [0.2, 0.25) is 10.0 Å². The molecule has 0 amide bonds. The lowest BCUT2D eigenvalue weighted by molar-refractivity contribution is 0.345. The van der Waals surface area contributed by atoms with Crippen molar-refractivity contribution >= 4 is 25.7 Å². The Labute approximate surface area is 243 Å². The maximum absolute atomic E-state index is 13.3. The highest BCUT2D eigenvalue weighted by Gasteiger charge is 2.38. The van der Waals surface area contributed by atoms with Gasteiger partial charge in [0.15, 0.2) is 0 Å². The quantitative estimate of drug-likeness (QED) is 0.242. The van der Waals surface area contributed by atoms with Crippen LogP contribution in [0.25, 0.3) is 0 Å². The van der Waals surface area contributed by atoms with Gasteiger partial charge in [-0.05, 0) is 72.9 Å². The number of halogens is 1. The predicted octanol–water partition coefficient (Wildman–Crippen LogP) is 5.04. The minimum Gasteiger partial charge on any atom is -0.507 e. The van der Waals surface area contributed by atoms with Crippen LogP contribution in [0.4, 0.5) is 10.1 Å². The van der Waals surface area contributed by atoms with E-state index in [0.29, 0.717) is 5.56 Å². The maximum Gasteiger partial charge on any atom is 0.343 e. The molecule has 1 aliphatic rings. The van der Waals surface area contributed by atoms with E-state index in [1.54, 1.807) is 49.4 Å². The topological polar surface area (TPSA) is 134 Å². The second-order valence-electron chi connectivity index (χ2n) is 10.0. The Balaban J connectivity index is 1.44. The Bertz CT molecular complexity index is 1860. The Morgan fingerprint density at radius 1 is 0.952 bits per heavy atom. The average Bonchev–Trinajstić information content (AvgIpc) is 3.79. The molecule has 1 aliphatic carbocycles. The van der Waals surface area contributed by atoms with Gasteiger partial charge in [-0.3, -0.25) is 4.72 Å². The van der Waals surface area contributed by atoms with Crippen LogP contribution in [0.15, 0.2) is 104 Å². The van der Waals surface area contributed by atoms with E-state index >= 15 is 0 Å². The fraction of sp³-hybridized carbons (Fsp3) is 0.233. The van der Waals surface area contributed by atoms with Crippen LogP contribution in [-0.2, 0) is 26.6 Å². The van der Waals surface area contributed by atoms with E-state index in [9.17, 15) is 31.1 Å². The molecule has 0 saturated heterocycles. The number of hydrogen-bond donors (Lipinski definition) is 2. The average molecular weight is 613 g/mol. The van der Waals surface area contributed by atoms with E-state index in [1.165, 1.54) is 18.2 Å². The fourth-order valence-electron chi connectivity index (χ4n) is 4.91. The first-order valence-electron chi connectivity index (χ1n) is 13.3. The predicted molar refractivity (Wildman–Crippen MR) is 155 cm³/mol. The largest absolute Gasteiger partial charge is 0.507 e. The van der Waals surface area contributed by atoms with Gasteiger partial charge in [-0.15, -0.1) is 0 Å². The van der Waals surface area contributed by atoms with Crippen LogP contribution in [0, 0.1) is 11.7 Å². The number of anilines is 1. The highest BCUT2D eigenvalue weighted by atomic mass is 32.2. The summed E-state index contributed by atoms with van der Waals surface area (Å²) in [5.41, 5.74) is 0.0442. The second-order valence-corrected chi connectivity index (χ2v) is 13.7. The van der Waals surface area contributed by atoms with E-state index in [4.69, 9.17) is 4.42 Å². The monoisotopic (exact) mass is 612 g/mol. The molecular formula is C30H29FN2O7S2. The van der Waals surface area contributed by atoms with E-state index in [2.05, 4.69) is 4.72 Å². The number of nitrogens with one attached hydrogen (secondary N) is 1. The van der Waals surface area contributed by atoms with Crippen molar-refractivity contribution in [1.29, 1.82) is 0 Å². The summed E-state index contributed by atoms with van der Waals surface area (Å²) in [6.07, 6.45) is 1.57. The number of rotatable bonds is 11. The third-order valence-electron chi connectivity index (χ3n) is 7.11. The number of nitrogens with zero attached hydrogens (tertiary/aromatic N) is 1. The molecule has 42 heavy (non-hydrogen) atoms. The summed E-state index contributed by atoms with van der Waals surface area (Å²) in [5.74, 6) is -1.48. The van der Waals surface area contributed by atoms with E-state index in [-0.39, 0.29) is 51.6 Å². The van der Waals surface area contributed by atoms with Crippen molar-refractivity contribution in [2.45, 2.75) is 42.0 Å². The van der Waals surface area contributed by atoms with Crippen LogP contribution in [-0.4, -0.2) is 32.8 Å². The molecule has 3 aromatic carbocycles. The molecule has 5 rings (SSSR count). The van der Waals surface area contributed by atoms with Crippen LogP contribution in [0.2, 0.25) is 0 Å². The summed E-state index contributed by atoms with van der Waals surface area (Å²) in [7, 11) is -7.89. The number of sulfonamides is 2. The summed E-state index contributed by atoms with van der Waals surface area (Å²) < 4.78 is 74.4. The molecule has 1 atom stereocenters. The molecule has 1 saturated carbocycles. The second kappa shape index (κ2) is 11.7. The van der Waals surface area contributed by atoms with Gasteiger partial charge in [0.1, 0.15) is 17.3 Å². The van der Waals surface area contributed by atoms with Gasteiger partial charge in [-0.2, -0.15) is 4.31 Å². The molecule has 9 nitrogen and oxygen atoms in total. The lowest BCUT2D eigenvalue weighted by atomic mass is 9.87. The van der Waals surface area contributed by atoms with Gasteiger partial charge in [-0.25, -0.2) is 26.0 Å². The zero-order valence-corrected chi connectivity index (χ0v) is 24.2. The number of hydrogen-bond acceptors (Lipinski definition) is 7. The Morgan fingerprint density at radius 2 is 1.64 bits per heavy atom. The van der Waals surface area contributed by atoms with Crippen LogP contribution in [0.3, 0.4) is 0 Å². The molecule has 12 heteroatoms. The van der Waals surface area contributed by atoms with E-state index in [0.717, 1.165) is 41.4 Å². The normalized spacial score (nSPS) is 14.5. The van der Waals surface area contributed by atoms with Gasteiger partial charge in [0.05, 0.1) is 21.9 Å². The van der Waals surface area contributed by atoms with Crippen LogP contribution < -0.4 is 10.3 Å². The molecule has 1 fully saturated rings. The standard InChI is InChI=1S/C30H29FN2O7S2/c1-2-33(42(38,39)26-9-4-3-5-10-26)19-24-18-27(34)29(30(35)40-24)28(20-11-12-20)21-7-6-8-23(17-21)32-41(36,37)25-15-13-22(31)14-16-25/h3-10,13-18,20,28,32,34H,2,11-12,19H2,1H3. The molecule has 220 valence electrons. The minimum absolute atomic E-state index is 0.0132. The summed E-state index contributed by atoms with van der Waals surface area (Å²) in [6.45, 7) is 1.51. The highest BCUT2D eigenvalue weighted by molar-refractivity contribution is 7.92. The molecule has 1 aromatic heterocycles. The van der Waals surface area contributed by atoms with Crippen molar-refractivity contribution < 1.29 is 30.7 Å². The van der Waals surface area contributed by atoms with Crippen LogP contribution >= 0.6 is 0 Å². The first-order valence-corrected chi connectivity index (χ1v) is 16.2. The number of benzene rings is 3. The molecule has 0 bridgehead atoms. The SMILES string of the molecule is CCN(Cc1cc(O)c(C(c2cccc(NS(=O)(=O)c3ccc(F)cc3)c2)C2CC2)c(=O)o1)S(=O)(=O)c1ccccc1. The molecule has 2 N–H and O–H groups in total. The van der Waals surface area contributed by atoms with Crippen molar-refractivity contribution in [3.8, 4) is 5.75 Å². The third kappa shape index (κ3) is 6.25. The maximum atomic E-state index is 13.3. The third-order valence-corrected chi connectivity index (χ3v) is 10.4. The van der Waals surface area contributed by atoms with Crippen molar-refractivity contribution in [2.75, 3.05) is 11.3 Å². The lowest BCUT2D eigenvalue weighted by Gasteiger charge is -2.21. The molecule has 4 aromatic rings. The van der Waals surface area contributed by atoms with Gasteiger partial charge >= 0.3 is 5.63 Å². The zero-order chi connectivity index (χ0) is 30.1. The summed E-state index contributed by atoms with van der Waals surface area (Å²) >= 11 is 0. The molecular weight excluding hydrogens is 583 g/mol. The first-order chi connectivity index (χ1) is 20.0. The van der Waals surface area contributed by atoms with E-state index < -0.39 is 37.4 Å². The first kappa shape index (κ1) is 29.5. The Hall–Kier alpha value is -4.00. The Kier molecular flexibility index (Phi) is 8.22. The van der Waals surface area contributed by atoms with Crippen molar-refractivity contribution in [3.63, 3.8) is 0 Å². The van der Waals surface area contributed by atoms with Gasteiger partial charge in [0, 0.05) is 24.2 Å². The smallest absolute Gasteiger partial charge is 0.343 e. The molecule has 0 aliphatic heterocycles. The molecule has 0 spiro atoms. The lowest BCUT2D eigenvalue weighted by Crippen LogP contribution is -2.31. The van der Waals surface area contributed by atoms with Crippen molar-refractivity contribution in [3.05, 3.63) is 118 Å². The Morgan fingerprint density at radius 3 is 2.26 bits per heavy atom. The summed E-state index contributed by atoms with van der Waals surface area (Å²) in [4.78, 5) is 13.3. The number of aromatic hydroxyl groups is 1. The van der Waals surface area contributed by atoms with Gasteiger partial charge < -0.3 is 9.52 Å². The van der Waals surface area contributed by atoms with Crippen molar-refractivity contribution in [2.24, 2.45) is 5.92 Å². The fourth-order valence-corrected chi connectivity index (χ4v) is 7.40. The van der Waals surface area contributed by atoms with Crippen molar-refractivity contribution in [1.82, 2.24) is 4.31 Å². The van der Waals surface area contributed by atoms with Gasteiger partial charge in [0.25, 0.3) is 10.0 Å². The zero-order valence-electron chi connectivity index (χ0n) is 22.6. The highest BCUT2D eigenvalue weighted by Crippen LogP contribution is 2.48. The minimum atomic E-state index is -4.01.